The Morgan fingerprint density at radius 3 is 2.71 bits per heavy atom. The zero-order chi connectivity index (χ0) is 15.2. The number of hydrogen-bond donors (Lipinski definition) is 1. The minimum absolute atomic E-state index is 0.0117. The van der Waals surface area contributed by atoms with Gasteiger partial charge in [0.25, 0.3) is 5.69 Å². The van der Waals surface area contributed by atoms with Gasteiger partial charge in [-0.25, -0.2) is 4.39 Å². The first-order chi connectivity index (χ1) is 10.1. The standard InChI is InChI=1S/C16H23FN2O2/c1-2-15(12-6-4-3-5-7-12)18-11-13-10-14(17)8-9-16(13)19(20)21/h8-10,12,15,18H,2-7,11H2,1H3. The average Bonchev–Trinajstić information content (AvgIpc) is 2.48. The third-order valence-corrected chi connectivity index (χ3v) is 4.45. The van der Waals surface area contributed by atoms with E-state index in [9.17, 15) is 14.5 Å². The summed E-state index contributed by atoms with van der Waals surface area (Å²) in [5.74, 6) is 0.208. The van der Waals surface area contributed by atoms with Crippen molar-refractivity contribution < 1.29 is 9.31 Å². The lowest BCUT2D eigenvalue weighted by Gasteiger charge is -2.30. The first-order valence-corrected chi connectivity index (χ1v) is 7.78. The zero-order valence-corrected chi connectivity index (χ0v) is 12.5. The Labute approximate surface area is 124 Å². The maximum absolute atomic E-state index is 13.3. The Hall–Kier alpha value is -1.49. The highest BCUT2D eigenvalue weighted by atomic mass is 19.1. The molecule has 4 nitrogen and oxygen atoms in total. The quantitative estimate of drug-likeness (QED) is 0.632. The van der Waals surface area contributed by atoms with Crippen LogP contribution in [0.5, 0.6) is 0 Å². The SMILES string of the molecule is CCC(NCc1cc(F)ccc1[N+](=O)[O-])C1CCCCC1. The predicted octanol–water partition coefficient (Wildman–Crippen LogP) is 4.18. The number of halogens is 1. The van der Waals surface area contributed by atoms with E-state index in [1.165, 1.54) is 44.2 Å². The molecule has 1 aliphatic carbocycles. The van der Waals surface area contributed by atoms with E-state index in [1.54, 1.807) is 0 Å². The molecule has 1 atom stereocenters. The lowest BCUT2D eigenvalue weighted by molar-refractivity contribution is -0.385. The summed E-state index contributed by atoms with van der Waals surface area (Å²) in [6.07, 6.45) is 7.27. The Bertz CT molecular complexity index is 487. The van der Waals surface area contributed by atoms with Gasteiger partial charge in [0, 0.05) is 24.2 Å². The summed E-state index contributed by atoms with van der Waals surface area (Å²) in [6.45, 7) is 2.48. The van der Waals surface area contributed by atoms with E-state index in [0.717, 1.165) is 12.5 Å². The van der Waals surface area contributed by atoms with E-state index in [-0.39, 0.29) is 5.69 Å². The van der Waals surface area contributed by atoms with Crippen LogP contribution < -0.4 is 5.32 Å². The van der Waals surface area contributed by atoms with Crippen LogP contribution in [0.3, 0.4) is 0 Å². The number of nitro benzene ring substituents is 1. The maximum atomic E-state index is 13.3. The van der Waals surface area contributed by atoms with E-state index in [0.29, 0.717) is 24.1 Å². The van der Waals surface area contributed by atoms with E-state index in [4.69, 9.17) is 0 Å². The molecule has 1 unspecified atom stereocenters. The molecule has 5 heteroatoms. The Kier molecular flexibility index (Phi) is 5.67. The lowest BCUT2D eigenvalue weighted by Crippen LogP contribution is -2.36. The van der Waals surface area contributed by atoms with Crippen LogP contribution >= 0.6 is 0 Å². The van der Waals surface area contributed by atoms with E-state index < -0.39 is 10.7 Å². The summed E-state index contributed by atoms with van der Waals surface area (Å²) in [7, 11) is 0. The summed E-state index contributed by atoms with van der Waals surface area (Å²) in [5, 5.41) is 14.4. The molecule has 0 saturated heterocycles. The van der Waals surface area contributed by atoms with Crippen LogP contribution in [0.2, 0.25) is 0 Å². The fourth-order valence-electron chi connectivity index (χ4n) is 3.30. The fraction of sp³-hybridized carbons (Fsp3) is 0.625. The molecule has 0 aromatic heterocycles. The van der Waals surface area contributed by atoms with Crippen LogP contribution in [-0.2, 0) is 6.54 Å². The first-order valence-electron chi connectivity index (χ1n) is 7.78. The maximum Gasteiger partial charge on any atom is 0.274 e. The highest BCUT2D eigenvalue weighted by Gasteiger charge is 2.23. The van der Waals surface area contributed by atoms with Crippen LogP contribution in [0.25, 0.3) is 0 Å². The van der Waals surface area contributed by atoms with Crippen LogP contribution in [-0.4, -0.2) is 11.0 Å². The normalized spacial score (nSPS) is 17.6. The number of rotatable bonds is 6. The van der Waals surface area contributed by atoms with Gasteiger partial charge in [0.15, 0.2) is 0 Å². The highest BCUT2D eigenvalue weighted by molar-refractivity contribution is 5.40. The molecule has 21 heavy (non-hydrogen) atoms. The van der Waals surface area contributed by atoms with E-state index in [2.05, 4.69) is 12.2 Å². The van der Waals surface area contributed by atoms with Crippen LogP contribution in [0, 0.1) is 21.8 Å². The fourth-order valence-corrected chi connectivity index (χ4v) is 3.30. The second-order valence-electron chi connectivity index (χ2n) is 5.82. The van der Waals surface area contributed by atoms with Crippen LogP contribution in [0.4, 0.5) is 10.1 Å². The molecule has 0 spiro atoms. The second-order valence-corrected chi connectivity index (χ2v) is 5.82. The number of nitrogens with one attached hydrogen (secondary N) is 1. The summed E-state index contributed by atoms with van der Waals surface area (Å²) >= 11 is 0. The van der Waals surface area contributed by atoms with Crippen molar-refractivity contribution in [3.05, 3.63) is 39.7 Å². The summed E-state index contributed by atoms with van der Waals surface area (Å²) < 4.78 is 13.3. The molecule has 0 bridgehead atoms. The third-order valence-electron chi connectivity index (χ3n) is 4.45. The molecule has 0 aliphatic heterocycles. The molecule has 1 fully saturated rings. The Morgan fingerprint density at radius 2 is 2.10 bits per heavy atom. The molecule has 0 amide bonds. The van der Waals surface area contributed by atoms with Gasteiger partial charge in [-0.15, -0.1) is 0 Å². The monoisotopic (exact) mass is 294 g/mol. The van der Waals surface area contributed by atoms with Crippen molar-refractivity contribution in [2.75, 3.05) is 0 Å². The molecule has 2 rings (SSSR count). The molecular formula is C16H23FN2O2. The molecular weight excluding hydrogens is 271 g/mol. The number of benzene rings is 1. The van der Waals surface area contributed by atoms with Crippen LogP contribution in [0.1, 0.15) is 51.0 Å². The summed E-state index contributed by atoms with van der Waals surface area (Å²) in [6, 6.07) is 4.00. The van der Waals surface area contributed by atoms with Gasteiger partial charge in [0.1, 0.15) is 5.82 Å². The van der Waals surface area contributed by atoms with Crippen molar-refractivity contribution in [3.8, 4) is 0 Å². The van der Waals surface area contributed by atoms with Gasteiger partial charge in [0.05, 0.1) is 4.92 Å². The van der Waals surface area contributed by atoms with Crippen molar-refractivity contribution >= 4 is 5.69 Å². The molecule has 1 saturated carbocycles. The summed E-state index contributed by atoms with van der Waals surface area (Å²) in [4.78, 5) is 10.6. The minimum atomic E-state index is -0.446. The number of nitro groups is 1. The van der Waals surface area contributed by atoms with E-state index in [1.807, 2.05) is 0 Å². The predicted molar refractivity (Wildman–Crippen MR) is 80.5 cm³/mol. The van der Waals surface area contributed by atoms with Gasteiger partial charge in [-0.3, -0.25) is 10.1 Å². The Balaban J connectivity index is 2.03. The van der Waals surface area contributed by atoms with Crippen LogP contribution in [0.15, 0.2) is 18.2 Å². The van der Waals surface area contributed by atoms with Gasteiger partial charge in [-0.05, 0) is 37.3 Å². The molecule has 1 N–H and O–H groups in total. The van der Waals surface area contributed by atoms with Crippen molar-refractivity contribution in [3.63, 3.8) is 0 Å². The molecule has 0 heterocycles. The molecule has 116 valence electrons. The highest BCUT2D eigenvalue weighted by Crippen LogP contribution is 2.28. The van der Waals surface area contributed by atoms with Crippen molar-refractivity contribution in [1.82, 2.24) is 5.32 Å². The van der Waals surface area contributed by atoms with Gasteiger partial charge >= 0.3 is 0 Å². The molecule has 1 aromatic rings. The third kappa shape index (κ3) is 4.24. The number of hydrogen-bond acceptors (Lipinski definition) is 3. The second kappa shape index (κ2) is 7.50. The average molecular weight is 294 g/mol. The van der Waals surface area contributed by atoms with Gasteiger partial charge in [-0.2, -0.15) is 0 Å². The minimum Gasteiger partial charge on any atom is -0.309 e. The molecule has 0 radical (unpaired) electrons. The summed E-state index contributed by atoms with van der Waals surface area (Å²) in [5.41, 5.74) is 0.414. The molecule has 1 aromatic carbocycles. The van der Waals surface area contributed by atoms with Crippen molar-refractivity contribution in [2.24, 2.45) is 5.92 Å². The molecule has 1 aliphatic rings. The zero-order valence-electron chi connectivity index (χ0n) is 12.5. The smallest absolute Gasteiger partial charge is 0.274 e. The Morgan fingerprint density at radius 1 is 1.38 bits per heavy atom. The van der Waals surface area contributed by atoms with Gasteiger partial charge < -0.3 is 5.32 Å². The van der Waals surface area contributed by atoms with Gasteiger partial charge in [0.2, 0.25) is 0 Å². The van der Waals surface area contributed by atoms with Crippen molar-refractivity contribution in [2.45, 2.75) is 58.0 Å². The van der Waals surface area contributed by atoms with Gasteiger partial charge in [-0.1, -0.05) is 26.2 Å². The first kappa shape index (κ1) is 15.9. The number of nitrogens with zero attached hydrogens (tertiary/aromatic N) is 1. The lowest BCUT2D eigenvalue weighted by atomic mass is 9.83. The van der Waals surface area contributed by atoms with Crippen molar-refractivity contribution in [1.29, 1.82) is 0 Å². The largest absolute Gasteiger partial charge is 0.309 e. The topological polar surface area (TPSA) is 55.2 Å². The van der Waals surface area contributed by atoms with E-state index >= 15 is 0 Å².